The average molecular weight is 443 g/mol. The average Bonchev–Trinajstić information content (AvgIpc) is 3.11. The molecular formula is C21H40SSn. The van der Waals surface area contributed by atoms with Gasteiger partial charge in [-0.2, -0.15) is 0 Å². The molecule has 0 saturated heterocycles. The fourth-order valence-corrected chi connectivity index (χ4v) is 26.7. The van der Waals surface area contributed by atoms with E-state index in [1.54, 1.807) is 8.87 Å². The zero-order valence-electron chi connectivity index (χ0n) is 16.2. The van der Waals surface area contributed by atoms with Gasteiger partial charge in [0.05, 0.1) is 0 Å². The van der Waals surface area contributed by atoms with Crippen LogP contribution in [0.25, 0.3) is 0 Å². The van der Waals surface area contributed by atoms with Crippen LogP contribution in [0.15, 0.2) is 17.5 Å². The fraction of sp³-hybridized carbons (Fsp3) is 0.810. The third-order valence-corrected chi connectivity index (χ3v) is 26.5. The molecule has 0 aliphatic carbocycles. The maximum absolute atomic E-state index is 2.54. The summed E-state index contributed by atoms with van der Waals surface area (Å²) in [5.74, 6) is 0. The van der Waals surface area contributed by atoms with Crippen molar-refractivity contribution >= 4 is 32.6 Å². The van der Waals surface area contributed by atoms with E-state index in [1.807, 2.05) is 2.89 Å². The van der Waals surface area contributed by atoms with Gasteiger partial charge in [-0.15, -0.1) is 0 Å². The number of rotatable bonds is 14. The first-order valence-electron chi connectivity index (χ1n) is 10.3. The summed E-state index contributed by atoms with van der Waals surface area (Å²) in [6, 6.07) is 4.87. The Morgan fingerprint density at radius 2 is 1.35 bits per heavy atom. The van der Waals surface area contributed by atoms with Crippen LogP contribution >= 0.6 is 11.3 Å². The van der Waals surface area contributed by atoms with Crippen LogP contribution in [0.4, 0.5) is 0 Å². The van der Waals surface area contributed by atoms with Gasteiger partial charge in [0, 0.05) is 0 Å². The molecule has 0 radical (unpaired) electrons. The van der Waals surface area contributed by atoms with E-state index < -0.39 is 18.4 Å². The summed E-state index contributed by atoms with van der Waals surface area (Å²) in [7, 11) is 0. The Morgan fingerprint density at radius 3 is 1.74 bits per heavy atom. The van der Waals surface area contributed by atoms with Crippen LogP contribution < -0.4 is 2.89 Å². The first kappa shape index (κ1) is 21.5. The molecule has 0 aliphatic rings. The molecule has 1 rings (SSSR count). The molecule has 0 saturated carbocycles. The Hall–Kier alpha value is 0.499. The van der Waals surface area contributed by atoms with Crippen LogP contribution in [0, 0.1) is 0 Å². The van der Waals surface area contributed by atoms with E-state index in [2.05, 4.69) is 56.5 Å². The van der Waals surface area contributed by atoms with E-state index in [-0.39, 0.29) is 0 Å². The van der Waals surface area contributed by atoms with Gasteiger partial charge in [-0.25, -0.2) is 0 Å². The SMILES string of the molecule is CCCC[CH](CCCC)[Sn]([CH2]CCC)([CH2]CCC)[c]1cccs1. The Morgan fingerprint density at radius 1 is 0.826 bits per heavy atom. The maximum atomic E-state index is 2.54. The molecule has 0 spiro atoms. The van der Waals surface area contributed by atoms with Crippen molar-refractivity contribution in [2.45, 2.75) is 105 Å². The Labute approximate surface area is 154 Å². The molecule has 2 heteroatoms. The second-order valence-electron chi connectivity index (χ2n) is 7.32. The van der Waals surface area contributed by atoms with Gasteiger partial charge in [0.25, 0.3) is 0 Å². The van der Waals surface area contributed by atoms with Gasteiger partial charge in [0.1, 0.15) is 0 Å². The Bertz CT molecular complexity index is 355. The number of thiophene rings is 1. The summed E-state index contributed by atoms with van der Waals surface area (Å²) in [6.45, 7) is 9.52. The molecule has 1 aromatic heterocycles. The monoisotopic (exact) mass is 444 g/mol. The van der Waals surface area contributed by atoms with E-state index in [4.69, 9.17) is 0 Å². The van der Waals surface area contributed by atoms with Gasteiger partial charge in [-0.05, 0) is 0 Å². The molecule has 1 heterocycles. The predicted molar refractivity (Wildman–Crippen MR) is 112 cm³/mol. The van der Waals surface area contributed by atoms with E-state index in [1.165, 1.54) is 64.2 Å². The molecule has 23 heavy (non-hydrogen) atoms. The minimum atomic E-state index is -2.27. The molecule has 0 aliphatic heterocycles. The molecule has 0 bridgehead atoms. The van der Waals surface area contributed by atoms with E-state index in [0.717, 1.165) is 3.93 Å². The van der Waals surface area contributed by atoms with Gasteiger partial charge >= 0.3 is 155 Å². The first-order chi connectivity index (χ1) is 11.2. The Balaban J connectivity index is 3.11. The van der Waals surface area contributed by atoms with Crippen molar-refractivity contribution in [2.75, 3.05) is 0 Å². The number of unbranched alkanes of at least 4 members (excludes halogenated alkanes) is 4. The standard InChI is InChI=1S/C9H19.C4H3S.2C4H9.Sn/c1-3-5-7-9-8-6-4-2;1-2-4-5-3-1;2*1-3-4-2;/h9H,3-8H2,1-2H3;1-3H;2*1,3-4H2,2H3;. The Kier molecular flexibility index (Phi) is 12.0. The molecule has 134 valence electrons. The molecule has 0 aromatic carbocycles. The van der Waals surface area contributed by atoms with Gasteiger partial charge in [0.2, 0.25) is 0 Å². The number of hydrogen-bond donors (Lipinski definition) is 0. The third-order valence-electron chi connectivity index (χ3n) is 5.56. The summed E-state index contributed by atoms with van der Waals surface area (Å²) in [5, 5.41) is 2.36. The van der Waals surface area contributed by atoms with Crippen LogP contribution in [0.5, 0.6) is 0 Å². The molecule has 0 unspecified atom stereocenters. The summed E-state index contributed by atoms with van der Waals surface area (Å²) in [5.41, 5.74) is 0. The normalized spacial score (nSPS) is 12.2. The summed E-state index contributed by atoms with van der Waals surface area (Å²) in [4.78, 5) is 0. The van der Waals surface area contributed by atoms with Crippen molar-refractivity contribution in [3.05, 3.63) is 17.5 Å². The second-order valence-corrected chi connectivity index (χ2v) is 22.6. The van der Waals surface area contributed by atoms with Crippen molar-refractivity contribution in [2.24, 2.45) is 0 Å². The molecule has 1 aromatic rings. The third kappa shape index (κ3) is 6.72. The van der Waals surface area contributed by atoms with Gasteiger partial charge in [-0.1, -0.05) is 0 Å². The zero-order chi connectivity index (χ0) is 17.0. The van der Waals surface area contributed by atoms with Crippen molar-refractivity contribution in [3.8, 4) is 0 Å². The van der Waals surface area contributed by atoms with Gasteiger partial charge < -0.3 is 0 Å². The van der Waals surface area contributed by atoms with E-state index >= 15 is 0 Å². The molecule has 0 fully saturated rings. The molecular weight excluding hydrogens is 403 g/mol. The van der Waals surface area contributed by atoms with Crippen molar-refractivity contribution < 1.29 is 0 Å². The predicted octanol–water partition coefficient (Wildman–Crippen LogP) is 7.75. The number of hydrogen-bond acceptors (Lipinski definition) is 1. The fourth-order valence-electron chi connectivity index (χ4n) is 4.13. The summed E-state index contributed by atoms with van der Waals surface area (Å²) >= 11 is -0.154. The van der Waals surface area contributed by atoms with Crippen molar-refractivity contribution in [1.82, 2.24) is 0 Å². The van der Waals surface area contributed by atoms with E-state index in [0.29, 0.717) is 0 Å². The molecule has 0 N–H and O–H groups in total. The molecule has 0 amide bonds. The second kappa shape index (κ2) is 12.8. The van der Waals surface area contributed by atoms with Crippen LogP contribution in [-0.2, 0) is 0 Å². The van der Waals surface area contributed by atoms with Crippen molar-refractivity contribution in [3.63, 3.8) is 0 Å². The zero-order valence-corrected chi connectivity index (χ0v) is 19.9. The quantitative estimate of drug-likeness (QED) is 0.258. The van der Waals surface area contributed by atoms with Crippen LogP contribution in [0.3, 0.4) is 0 Å². The van der Waals surface area contributed by atoms with E-state index in [9.17, 15) is 0 Å². The van der Waals surface area contributed by atoms with Crippen LogP contribution in [-0.4, -0.2) is 18.4 Å². The first-order valence-corrected chi connectivity index (χ1v) is 18.3. The van der Waals surface area contributed by atoms with Gasteiger partial charge in [0.15, 0.2) is 0 Å². The summed E-state index contributed by atoms with van der Waals surface area (Å²) in [6.07, 6.45) is 14.4. The molecule has 0 nitrogen and oxygen atoms in total. The van der Waals surface area contributed by atoms with Crippen LogP contribution in [0.1, 0.15) is 91.9 Å². The summed E-state index contributed by atoms with van der Waals surface area (Å²) < 4.78 is 6.23. The minimum absolute atomic E-state index is 1.10. The molecule has 0 atom stereocenters. The van der Waals surface area contributed by atoms with Crippen molar-refractivity contribution in [1.29, 1.82) is 0 Å². The van der Waals surface area contributed by atoms with Crippen LogP contribution in [0.2, 0.25) is 12.8 Å². The topological polar surface area (TPSA) is 0 Å². The van der Waals surface area contributed by atoms with Gasteiger partial charge in [-0.3, -0.25) is 0 Å².